The Labute approximate surface area is 65.5 Å². The van der Waals surface area contributed by atoms with Crippen LogP contribution in [0.25, 0.3) is 0 Å². The van der Waals surface area contributed by atoms with E-state index in [9.17, 15) is 14.9 Å². The van der Waals surface area contributed by atoms with E-state index >= 15 is 0 Å². The molecule has 0 radical (unpaired) electrons. The minimum Gasteiger partial charge on any atom is -0.387 e. The van der Waals surface area contributed by atoms with Crippen LogP contribution in [0, 0.1) is 10.1 Å². The third-order valence-electron chi connectivity index (χ3n) is 0.943. The van der Waals surface area contributed by atoms with Gasteiger partial charge in [0.15, 0.2) is 0 Å². The Morgan fingerprint density at radius 1 is 1.83 bits per heavy atom. The Kier molecular flexibility index (Phi) is 1.90. The SMILES string of the molecule is NC(=O)Oc1cc([N+](=O)[O-])[nH]n1. The lowest BCUT2D eigenvalue weighted by Gasteiger charge is -1.89. The van der Waals surface area contributed by atoms with Crippen LogP contribution >= 0.6 is 0 Å². The second-order valence-electron chi connectivity index (χ2n) is 1.77. The number of ether oxygens (including phenoxy) is 1. The van der Waals surface area contributed by atoms with Gasteiger partial charge in [0.05, 0.1) is 0 Å². The first-order valence-corrected chi connectivity index (χ1v) is 2.76. The predicted octanol–water partition coefficient (Wildman–Crippen LogP) is -0.225. The zero-order valence-electron chi connectivity index (χ0n) is 5.68. The summed E-state index contributed by atoms with van der Waals surface area (Å²) in [5, 5.41) is 15.4. The van der Waals surface area contributed by atoms with Gasteiger partial charge >= 0.3 is 11.9 Å². The molecular formula is C4H4N4O4. The van der Waals surface area contributed by atoms with Crippen LogP contribution in [0.15, 0.2) is 6.07 Å². The smallest absolute Gasteiger partial charge is 0.387 e. The highest BCUT2D eigenvalue weighted by Gasteiger charge is 2.11. The second kappa shape index (κ2) is 2.86. The molecule has 1 rings (SSSR count). The highest BCUT2D eigenvalue weighted by atomic mass is 16.6. The summed E-state index contributed by atoms with van der Waals surface area (Å²) in [6.45, 7) is 0. The number of hydrogen-bond donors (Lipinski definition) is 2. The van der Waals surface area contributed by atoms with Crippen LogP contribution in [0.4, 0.5) is 10.6 Å². The van der Waals surface area contributed by atoms with Crippen LogP contribution in [0.2, 0.25) is 0 Å². The Morgan fingerprint density at radius 2 is 2.50 bits per heavy atom. The van der Waals surface area contributed by atoms with E-state index in [-0.39, 0.29) is 11.7 Å². The van der Waals surface area contributed by atoms with Crippen LogP contribution < -0.4 is 10.5 Å². The Bertz CT molecular complexity index is 319. The normalized spacial score (nSPS) is 9.33. The van der Waals surface area contributed by atoms with Crippen LogP contribution in [-0.2, 0) is 0 Å². The lowest BCUT2D eigenvalue weighted by atomic mass is 10.6. The minimum atomic E-state index is -1.07. The summed E-state index contributed by atoms with van der Waals surface area (Å²) in [6, 6.07) is 0.949. The second-order valence-corrected chi connectivity index (χ2v) is 1.77. The summed E-state index contributed by atoms with van der Waals surface area (Å²) in [5.41, 5.74) is 4.62. The fraction of sp³-hybridized carbons (Fsp3) is 0. The molecule has 1 aromatic rings. The highest BCUT2D eigenvalue weighted by Crippen LogP contribution is 2.13. The summed E-state index contributed by atoms with van der Waals surface area (Å²) >= 11 is 0. The van der Waals surface area contributed by atoms with Gasteiger partial charge in [-0.3, -0.25) is 0 Å². The van der Waals surface area contributed by atoms with Gasteiger partial charge in [-0.05, 0) is 10.0 Å². The van der Waals surface area contributed by atoms with Gasteiger partial charge in [0.1, 0.15) is 6.07 Å². The topological polar surface area (TPSA) is 124 Å². The van der Waals surface area contributed by atoms with Crippen molar-refractivity contribution in [1.82, 2.24) is 10.2 Å². The van der Waals surface area contributed by atoms with Gasteiger partial charge in [0.25, 0.3) is 5.88 Å². The number of carbonyl (C=O) groups is 1. The van der Waals surface area contributed by atoms with Crippen molar-refractivity contribution in [2.45, 2.75) is 0 Å². The third-order valence-corrected chi connectivity index (χ3v) is 0.943. The molecule has 8 heteroatoms. The van der Waals surface area contributed by atoms with E-state index < -0.39 is 11.0 Å². The van der Waals surface area contributed by atoms with E-state index in [1.807, 2.05) is 5.10 Å². The number of H-pyrrole nitrogens is 1. The number of nitrogens with zero attached hydrogens (tertiary/aromatic N) is 2. The molecule has 1 aromatic heterocycles. The van der Waals surface area contributed by atoms with Gasteiger partial charge in [0.2, 0.25) is 0 Å². The highest BCUT2D eigenvalue weighted by molar-refractivity contribution is 5.67. The van der Waals surface area contributed by atoms with Gasteiger partial charge in [-0.2, -0.15) is 0 Å². The molecule has 1 amide bonds. The molecule has 0 atom stereocenters. The molecule has 0 saturated heterocycles. The number of aromatic nitrogens is 2. The number of nitro groups is 1. The van der Waals surface area contributed by atoms with E-state index in [4.69, 9.17) is 0 Å². The predicted molar refractivity (Wildman–Crippen MR) is 35.5 cm³/mol. The molecule has 0 unspecified atom stereocenters. The Hall–Kier alpha value is -2.12. The number of nitrogens with one attached hydrogen (secondary N) is 1. The Morgan fingerprint density at radius 3 is 2.92 bits per heavy atom. The molecule has 0 aromatic carbocycles. The Balaban J connectivity index is 2.77. The van der Waals surface area contributed by atoms with Gasteiger partial charge in [-0.1, -0.05) is 0 Å². The first-order valence-electron chi connectivity index (χ1n) is 2.76. The van der Waals surface area contributed by atoms with Crippen LogP contribution in [0.3, 0.4) is 0 Å². The number of aromatic amines is 1. The zero-order valence-corrected chi connectivity index (χ0v) is 5.68. The van der Waals surface area contributed by atoms with E-state index in [0.717, 1.165) is 6.07 Å². The molecule has 0 aliphatic carbocycles. The molecule has 0 aliphatic heterocycles. The monoisotopic (exact) mass is 172 g/mol. The van der Waals surface area contributed by atoms with Crippen molar-refractivity contribution in [3.05, 3.63) is 16.2 Å². The first-order chi connectivity index (χ1) is 5.59. The van der Waals surface area contributed by atoms with Gasteiger partial charge in [-0.15, -0.1) is 5.10 Å². The number of carbonyl (C=O) groups excluding carboxylic acids is 1. The van der Waals surface area contributed by atoms with Crippen LogP contribution in [-0.4, -0.2) is 21.2 Å². The standard InChI is InChI=1S/C4H4N4O4/c5-4(9)12-3-1-2(6-7-3)8(10)11/h1H,(H2,5,9)(H,6,7). The van der Waals surface area contributed by atoms with Crippen molar-refractivity contribution >= 4 is 11.9 Å². The van der Waals surface area contributed by atoms with Crippen LogP contribution in [0.5, 0.6) is 5.88 Å². The molecule has 8 nitrogen and oxygen atoms in total. The average molecular weight is 172 g/mol. The number of nitrogens with two attached hydrogens (primary N) is 1. The molecular weight excluding hydrogens is 168 g/mol. The van der Waals surface area contributed by atoms with E-state index in [2.05, 4.69) is 15.6 Å². The largest absolute Gasteiger partial charge is 0.411 e. The van der Waals surface area contributed by atoms with E-state index in [1.165, 1.54) is 0 Å². The van der Waals surface area contributed by atoms with Gasteiger partial charge < -0.3 is 20.6 Å². The van der Waals surface area contributed by atoms with Crippen molar-refractivity contribution in [3.63, 3.8) is 0 Å². The summed E-state index contributed by atoms with van der Waals surface area (Å²) in [5.74, 6) is -0.597. The molecule has 64 valence electrons. The van der Waals surface area contributed by atoms with Crippen LogP contribution in [0.1, 0.15) is 0 Å². The molecule has 0 fully saturated rings. The summed E-state index contributed by atoms with van der Waals surface area (Å²) in [6.07, 6.45) is -1.07. The molecule has 0 bridgehead atoms. The van der Waals surface area contributed by atoms with Crippen molar-refractivity contribution < 1.29 is 14.5 Å². The van der Waals surface area contributed by atoms with Gasteiger partial charge in [-0.25, -0.2) is 4.79 Å². The first kappa shape index (κ1) is 7.98. The summed E-state index contributed by atoms with van der Waals surface area (Å²) < 4.78 is 4.24. The summed E-state index contributed by atoms with van der Waals surface area (Å²) in [7, 11) is 0. The molecule has 0 spiro atoms. The fourth-order valence-electron chi connectivity index (χ4n) is 0.543. The lowest BCUT2D eigenvalue weighted by Crippen LogP contribution is -2.16. The van der Waals surface area contributed by atoms with Crippen molar-refractivity contribution in [1.29, 1.82) is 0 Å². The maximum absolute atomic E-state index is 10.1. The maximum atomic E-state index is 10.1. The van der Waals surface area contributed by atoms with E-state index in [1.54, 1.807) is 0 Å². The average Bonchev–Trinajstić information content (AvgIpc) is 2.34. The van der Waals surface area contributed by atoms with E-state index in [0.29, 0.717) is 0 Å². The molecule has 0 aliphatic rings. The number of hydrogen-bond acceptors (Lipinski definition) is 5. The lowest BCUT2D eigenvalue weighted by molar-refractivity contribution is -0.389. The number of primary amides is 1. The molecule has 1 heterocycles. The zero-order chi connectivity index (χ0) is 9.14. The quantitative estimate of drug-likeness (QED) is 0.471. The van der Waals surface area contributed by atoms with Gasteiger partial charge in [0, 0.05) is 0 Å². The number of rotatable bonds is 2. The number of amides is 1. The minimum absolute atomic E-state index is 0.228. The summed E-state index contributed by atoms with van der Waals surface area (Å²) in [4.78, 5) is 19.5. The third kappa shape index (κ3) is 1.68. The maximum Gasteiger partial charge on any atom is 0.411 e. The molecule has 12 heavy (non-hydrogen) atoms. The molecule has 0 saturated carbocycles. The molecule has 3 N–H and O–H groups in total. The fourth-order valence-corrected chi connectivity index (χ4v) is 0.543. The van der Waals surface area contributed by atoms with Crippen molar-refractivity contribution in [2.75, 3.05) is 0 Å². The van der Waals surface area contributed by atoms with Crippen molar-refractivity contribution in [3.8, 4) is 5.88 Å². The van der Waals surface area contributed by atoms with Crippen molar-refractivity contribution in [2.24, 2.45) is 5.73 Å².